The van der Waals surface area contributed by atoms with Gasteiger partial charge in [-0.2, -0.15) is 13.2 Å². The molecule has 0 heterocycles. The summed E-state index contributed by atoms with van der Waals surface area (Å²) in [7, 11) is 0. The summed E-state index contributed by atoms with van der Waals surface area (Å²) in [6.07, 6.45) is -0.639. The number of alkyl halides is 3. The number of aryl methyl sites for hydroxylation is 1. The van der Waals surface area contributed by atoms with Crippen LogP contribution in [0.4, 0.5) is 18.9 Å². The van der Waals surface area contributed by atoms with Crippen molar-refractivity contribution in [1.82, 2.24) is 5.32 Å². The van der Waals surface area contributed by atoms with Gasteiger partial charge in [0, 0.05) is 23.7 Å². The summed E-state index contributed by atoms with van der Waals surface area (Å²) in [6, 6.07) is 10.6. The average molecular weight is 561 g/mol. The van der Waals surface area contributed by atoms with Crippen molar-refractivity contribution >= 4 is 23.5 Å². The second-order valence-corrected chi connectivity index (χ2v) is 11.9. The van der Waals surface area contributed by atoms with Crippen LogP contribution in [-0.2, 0) is 22.2 Å². The minimum absolute atomic E-state index is 0.0183. The Kier molecular flexibility index (Phi) is 10.0. The summed E-state index contributed by atoms with van der Waals surface area (Å²) in [4.78, 5) is 36.6. The van der Waals surface area contributed by atoms with Gasteiger partial charge in [0.25, 0.3) is 5.91 Å². The monoisotopic (exact) mass is 560 g/mol. The largest absolute Gasteiger partial charge is 0.481 e. The lowest BCUT2D eigenvalue weighted by molar-refractivity contribution is -0.138. The molecule has 0 aromatic heterocycles. The summed E-state index contributed by atoms with van der Waals surface area (Å²) in [5.41, 5.74) is 0.809. The van der Waals surface area contributed by atoms with E-state index in [1.54, 1.807) is 24.3 Å². The molecular formula is C31H39F3N2O4. The standard InChI is InChI=1S/C31H39F3N2O4/c1-19-5-14-24(18-26(19)31(32,33)34)36-29(40)25(21-10-12-23(13-11-21)30(2,3)4)17-20-6-8-22(9-7-20)28(39)35-16-15-27(37)38/h5-9,14,18,21,23,25H,10-13,15-17H2,1-4H3,(H,35,39)(H,36,40)(H,37,38). The number of aliphatic carboxylic acids is 1. The number of carboxylic acids is 1. The molecule has 0 spiro atoms. The molecule has 3 N–H and O–H groups in total. The Balaban J connectivity index is 1.78. The van der Waals surface area contributed by atoms with Gasteiger partial charge in [0.15, 0.2) is 0 Å². The lowest BCUT2D eigenvalue weighted by atomic mass is 9.66. The van der Waals surface area contributed by atoms with E-state index in [4.69, 9.17) is 5.11 Å². The van der Waals surface area contributed by atoms with Gasteiger partial charge in [-0.05, 0) is 91.7 Å². The topological polar surface area (TPSA) is 95.5 Å². The van der Waals surface area contributed by atoms with Gasteiger partial charge in [-0.1, -0.05) is 39.0 Å². The number of halogens is 3. The predicted molar refractivity (Wildman–Crippen MR) is 148 cm³/mol. The summed E-state index contributed by atoms with van der Waals surface area (Å²) in [5.74, 6) is -1.54. The molecule has 3 rings (SSSR count). The van der Waals surface area contributed by atoms with Gasteiger partial charge in [0.2, 0.25) is 5.91 Å². The second kappa shape index (κ2) is 12.9. The van der Waals surface area contributed by atoms with E-state index in [2.05, 4.69) is 31.4 Å². The lowest BCUT2D eigenvalue weighted by Crippen LogP contribution is -2.35. The zero-order valence-electron chi connectivity index (χ0n) is 23.5. The molecule has 2 aromatic rings. The van der Waals surface area contributed by atoms with Crippen molar-refractivity contribution in [3.8, 4) is 0 Å². The first kappa shape index (κ1) is 31.2. The molecule has 9 heteroatoms. The molecule has 2 amide bonds. The lowest BCUT2D eigenvalue weighted by Gasteiger charge is -2.39. The van der Waals surface area contributed by atoms with Gasteiger partial charge in [-0.25, -0.2) is 0 Å². The van der Waals surface area contributed by atoms with Crippen LogP contribution in [0.1, 0.15) is 79.9 Å². The Hall–Kier alpha value is -3.36. The van der Waals surface area contributed by atoms with Gasteiger partial charge in [0.1, 0.15) is 0 Å². The molecular weight excluding hydrogens is 521 g/mol. The molecule has 1 aliphatic carbocycles. The van der Waals surface area contributed by atoms with E-state index in [0.29, 0.717) is 17.9 Å². The summed E-state index contributed by atoms with van der Waals surface area (Å²) >= 11 is 0. The van der Waals surface area contributed by atoms with Crippen molar-refractivity contribution < 1.29 is 32.7 Å². The molecule has 0 aliphatic heterocycles. The molecule has 1 atom stereocenters. The molecule has 40 heavy (non-hydrogen) atoms. The molecule has 2 aromatic carbocycles. The molecule has 218 valence electrons. The van der Waals surface area contributed by atoms with Crippen LogP contribution in [0.15, 0.2) is 42.5 Å². The minimum atomic E-state index is -4.52. The molecule has 1 aliphatic rings. The normalized spacial score (nSPS) is 18.6. The number of nitrogens with one attached hydrogen (secondary N) is 2. The minimum Gasteiger partial charge on any atom is -0.481 e. The van der Waals surface area contributed by atoms with Crippen molar-refractivity contribution in [2.75, 3.05) is 11.9 Å². The first-order valence-corrected chi connectivity index (χ1v) is 13.7. The molecule has 1 unspecified atom stereocenters. The van der Waals surface area contributed by atoms with E-state index >= 15 is 0 Å². The SMILES string of the molecule is Cc1ccc(NC(=O)C(Cc2ccc(C(=O)NCCC(=O)O)cc2)C2CCC(C(C)(C)C)CC2)cc1C(F)(F)F. The predicted octanol–water partition coefficient (Wildman–Crippen LogP) is 6.87. The average Bonchev–Trinajstić information content (AvgIpc) is 2.87. The Morgan fingerprint density at radius 1 is 0.975 bits per heavy atom. The highest BCUT2D eigenvalue weighted by Gasteiger charge is 2.36. The van der Waals surface area contributed by atoms with Crippen LogP contribution >= 0.6 is 0 Å². The van der Waals surface area contributed by atoms with E-state index in [1.807, 2.05) is 0 Å². The number of carbonyl (C=O) groups is 3. The Labute approximate surface area is 233 Å². The maximum atomic E-state index is 13.6. The van der Waals surface area contributed by atoms with E-state index in [-0.39, 0.29) is 47.4 Å². The first-order valence-electron chi connectivity index (χ1n) is 13.7. The van der Waals surface area contributed by atoms with E-state index in [9.17, 15) is 27.6 Å². The highest BCUT2D eigenvalue weighted by atomic mass is 19.4. The Morgan fingerprint density at radius 2 is 1.60 bits per heavy atom. The third-order valence-electron chi connectivity index (χ3n) is 8.01. The molecule has 0 saturated heterocycles. The van der Waals surface area contributed by atoms with Crippen molar-refractivity contribution in [2.24, 2.45) is 23.2 Å². The van der Waals surface area contributed by atoms with Crippen molar-refractivity contribution in [1.29, 1.82) is 0 Å². The quantitative estimate of drug-likeness (QED) is 0.312. The summed E-state index contributed by atoms with van der Waals surface area (Å²) in [5, 5.41) is 14.1. The number of hydrogen-bond donors (Lipinski definition) is 3. The second-order valence-electron chi connectivity index (χ2n) is 11.9. The van der Waals surface area contributed by atoms with E-state index < -0.39 is 23.6 Å². The summed E-state index contributed by atoms with van der Waals surface area (Å²) < 4.78 is 40.4. The maximum absolute atomic E-state index is 13.6. The van der Waals surface area contributed by atoms with E-state index in [0.717, 1.165) is 37.3 Å². The van der Waals surface area contributed by atoms with Gasteiger partial charge in [0.05, 0.1) is 12.0 Å². The third kappa shape index (κ3) is 8.57. The molecule has 0 bridgehead atoms. The fourth-order valence-corrected chi connectivity index (χ4v) is 5.53. The molecule has 1 saturated carbocycles. The van der Waals surface area contributed by atoms with Gasteiger partial charge >= 0.3 is 12.1 Å². The zero-order chi connectivity index (χ0) is 29.7. The highest BCUT2D eigenvalue weighted by Crippen LogP contribution is 2.43. The number of carboxylic acid groups (broad SMARTS) is 1. The van der Waals surface area contributed by atoms with Gasteiger partial charge in [-0.3, -0.25) is 14.4 Å². The molecule has 0 radical (unpaired) electrons. The van der Waals surface area contributed by atoms with Crippen LogP contribution in [0.3, 0.4) is 0 Å². The fraction of sp³-hybridized carbons (Fsp3) is 0.516. The Bertz CT molecular complexity index is 1190. The zero-order valence-corrected chi connectivity index (χ0v) is 23.5. The number of anilines is 1. The Morgan fingerprint density at radius 3 is 2.15 bits per heavy atom. The third-order valence-corrected chi connectivity index (χ3v) is 8.01. The number of rotatable bonds is 9. The summed E-state index contributed by atoms with van der Waals surface area (Å²) in [6.45, 7) is 8.07. The van der Waals surface area contributed by atoms with Crippen molar-refractivity contribution in [3.05, 3.63) is 64.7 Å². The molecule has 6 nitrogen and oxygen atoms in total. The smallest absolute Gasteiger partial charge is 0.416 e. The van der Waals surface area contributed by atoms with Crippen LogP contribution in [-0.4, -0.2) is 29.4 Å². The van der Waals surface area contributed by atoms with E-state index in [1.165, 1.54) is 19.1 Å². The van der Waals surface area contributed by atoms with Crippen LogP contribution in [0.25, 0.3) is 0 Å². The highest BCUT2D eigenvalue weighted by molar-refractivity contribution is 5.94. The van der Waals surface area contributed by atoms with Gasteiger partial charge in [-0.15, -0.1) is 0 Å². The molecule has 1 fully saturated rings. The van der Waals surface area contributed by atoms with Crippen LogP contribution in [0.5, 0.6) is 0 Å². The first-order chi connectivity index (χ1) is 18.6. The maximum Gasteiger partial charge on any atom is 0.416 e. The van der Waals surface area contributed by atoms with Crippen LogP contribution in [0, 0.1) is 30.1 Å². The van der Waals surface area contributed by atoms with Crippen LogP contribution < -0.4 is 10.6 Å². The fourth-order valence-electron chi connectivity index (χ4n) is 5.53. The number of hydrogen-bond acceptors (Lipinski definition) is 3. The van der Waals surface area contributed by atoms with Crippen molar-refractivity contribution in [3.63, 3.8) is 0 Å². The van der Waals surface area contributed by atoms with Crippen molar-refractivity contribution in [2.45, 2.75) is 72.4 Å². The van der Waals surface area contributed by atoms with Gasteiger partial charge < -0.3 is 15.7 Å². The number of carbonyl (C=O) groups excluding carboxylic acids is 2. The number of benzene rings is 2. The van der Waals surface area contributed by atoms with Crippen LogP contribution in [0.2, 0.25) is 0 Å². The number of amides is 2.